The zero-order chi connectivity index (χ0) is 17.5. The Hall–Kier alpha value is -2.27. The number of nitrogens with two attached hydrogens (primary N) is 1. The summed E-state index contributed by atoms with van der Waals surface area (Å²) in [5, 5.41) is 0. The van der Waals surface area contributed by atoms with E-state index in [1.807, 2.05) is 37.3 Å². The number of nitrogens with zero attached hydrogens (tertiary/aromatic N) is 1. The van der Waals surface area contributed by atoms with Crippen LogP contribution in [0.2, 0.25) is 0 Å². The van der Waals surface area contributed by atoms with Crippen molar-refractivity contribution >= 4 is 5.97 Å². The van der Waals surface area contributed by atoms with Crippen molar-refractivity contribution in [3.05, 3.63) is 53.3 Å². The van der Waals surface area contributed by atoms with Gasteiger partial charge in [0.25, 0.3) is 0 Å². The average molecular weight is 330 g/mol. The molecule has 1 aromatic heterocycles. The molecular weight excluding hydrogens is 304 g/mol. The van der Waals surface area contributed by atoms with Gasteiger partial charge in [0, 0.05) is 11.4 Å². The summed E-state index contributed by atoms with van der Waals surface area (Å²) in [6.07, 6.45) is 0.484. The fourth-order valence-electron chi connectivity index (χ4n) is 2.76. The van der Waals surface area contributed by atoms with Gasteiger partial charge in [-0.25, -0.2) is 0 Å². The number of esters is 1. The number of carbonyl (C=O) groups excluding carboxylic acids is 1. The molecule has 1 heterocycles. The van der Waals surface area contributed by atoms with E-state index in [0.29, 0.717) is 19.6 Å². The summed E-state index contributed by atoms with van der Waals surface area (Å²) >= 11 is 0. The maximum Gasteiger partial charge on any atom is 0.323 e. The van der Waals surface area contributed by atoms with Crippen LogP contribution in [0.1, 0.15) is 23.9 Å². The molecule has 0 saturated carbocycles. The highest BCUT2D eigenvalue weighted by atomic mass is 16.5. The molecule has 0 radical (unpaired) electrons. The van der Waals surface area contributed by atoms with Crippen LogP contribution in [0.4, 0.5) is 0 Å². The van der Waals surface area contributed by atoms with Crippen LogP contribution in [0.3, 0.4) is 0 Å². The molecule has 2 N–H and O–H groups in total. The molecule has 0 aliphatic heterocycles. The van der Waals surface area contributed by atoms with Gasteiger partial charge in [0.15, 0.2) is 0 Å². The largest absolute Gasteiger partial charge is 0.492 e. The number of hydrogen-bond donors (Lipinski definition) is 1. The second-order valence-electron chi connectivity index (χ2n) is 5.77. The molecule has 1 aromatic carbocycles. The minimum Gasteiger partial charge on any atom is -0.492 e. The van der Waals surface area contributed by atoms with Crippen molar-refractivity contribution in [1.82, 2.24) is 4.57 Å². The first-order valence-corrected chi connectivity index (χ1v) is 8.28. The topological polar surface area (TPSA) is 66.5 Å². The fourth-order valence-corrected chi connectivity index (χ4v) is 2.76. The summed E-state index contributed by atoms with van der Waals surface area (Å²) in [5.41, 5.74) is 9.26. The Morgan fingerprint density at radius 2 is 1.96 bits per heavy atom. The highest BCUT2D eigenvalue weighted by molar-refractivity contribution is 5.75. The summed E-state index contributed by atoms with van der Waals surface area (Å²) in [6.45, 7) is 7.56. The minimum absolute atomic E-state index is 0.350. The molecule has 0 aliphatic rings. The van der Waals surface area contributed by atoms with Crippen molar-refractivity contribution in [3.63, 3.8) is 0 Å². The molecule has 2 aromatic rings. The smallest absolute Gasteiger partial charge is 0.323 e. The van der Waals surface area contributed by atoms with Crippen molar-refractivity contribution in [2.45, 2.75) is 39.8 Å². The van der Waals surface area contributed by atoms with E-state index in [4.69, 9.17) is 15.2 Å². The van der Waals surface area contributed by atoms with Crippen LogP contribution < -0.4 is 10.5 Å². The lowest BCUT2D eigenvalue weighted by Crippen LogP contribution is -2.34. The van der Waals surface area contributed by atoms with Crippen molar-refractivity contribution in [2.75, 3.05) is 13.2 Å². The van der Waals surface area contributed by atoms with Crippen LogP contribution in [0, 0.1) is 13.8 Å². The molecule has 5 nitrogen and oxygen atoms in total. The zero-order valence-electron chi connectivity index (χ0n) is 14.6. The number of ether oxygens (including phenoxy) is 2. The lowest BCUT2D eigenvalue weighted by Gasteiger charge is -2.13. The van der Waals surface area contributed by atoms with Gasteiger partial charge >= 0.3 is 5.97 Å². The van der Waals surface area contributed by atoms with Gasteiger partial charge in [-0.1, -0.05) is 18.2 Å². The first kappa shape index (κ1) is 18.1. The molecule has 5 heteroatoms. The van der Waals surface area contributed by atoms with E-state index in [0.717, 1.165) is 29.2 Å². The van der Waals surface area contributed by atoms with Crippen molar-refractivity contribution in [3.8, 4) is 5.75 Å². The summed E-state index contributed by atoms with van der Waals surface area (Å²) in [7, 11) is 0. The molecule has 130 valence electrons. The number of aryl methyl sites for hydroxylation is 1. The van der Waals surface area contributed by atoms with Crippen LogP contribution in [0.5, 0.6) is 5.75 Å². The lowest BCUT2D eigenvalue weighted by atomic mass is 10.1. The lowest BCUT2D eigenvalue weighted by molar-refractivity contribution is -0.144. The molecule has 0 bridgehead atoms. The van der Waals surface area contributed by atoms with Gasteiger partial charge < -0.3 is 19.8 Å². The van der Waals surface area contributed by atoms with E-state index in [1.165, 1.54) is 0 Å². The van der Waals surface area contributed by atoms with E-state index in [9.17, 15) is 4.79 Å². The fraction of sp³-hybridized carbons (Fsp3) is 0.421. The normalized spacial score (nSPS) is 12.0. The minimum atomic E-state index is -0.625. The van der Waals surface area contributed by atoms with Crippen LogP contribution in [0.25, 0.3) is 0 Å². The monoisotopic (exact) mass is 330 g/mol. The van der Waals surface area contributed by atoms with E-state index >= 15 is 0 Å². The van der Waals surface area contributed by atoms with Crippen molar-refractivity contribution in [1.29, 1.82) is 0 Å². The van der Waals surface area contributed by atoms with E-state index < -0.39 is 6.04 Å². The van der Waals surface area contributed by atoms with E-state index in [-0.39, 0.29) is 5.97 Å². The van der Waals surface area contributed by atoms with Crippen LogP contribution in [0.15, 0.2) is 36.4 Å². The van der Waals surface area contributed by atoms with Gasteiger partial charge in [0.2, 0.25) is 0 Å². The van der Waals surface area contributed by atoms with Crippen LogP contribution >= 0.6 is 0 Å². The highest BCUT2D eigenvalue weighted by Crippen LogP contribution is 2.17. The molecule has 0 spiro atoms. The van der Waals surface area contributed by atoms with Gasteiger partial charge in [-0.15, -0.1) is 0 Å². The summed E-state index contributed by atoms with van der Waals surface area (Å²) in [4.78, 5) is 11.7. The SMILES string of the molecule is CCOC(=O)C(N)Cc1cc(C)n(CCOc2ccccc2)c1C. The molecule has 1 atom stereocenters. The Morgan fingerprint density at radius 1 is 1.25 bits per heavy atom. The van der Waals surface area contributed by atoms with Crippen molar-refractivity contribution < 1.29 is 14.3 Å². The number of benzene rings is 1. The number of rotatable bonds is 8. The Morgan fingerprint density at radius 3 is 2.62 bits per heavy atom. The van der Waals surface area contributed by atoms with Gasteiger partial charge in [-0.3, -0.25) is 4.79 Å². The van der Waals surface area contributed by atoms with Crippen LogP contribution in [-0.2, 0) is 22.5 Å². The standard InChI is InChI=1S/C19H26N2O3/c1-4-23-19(22)18(20)13-16-12-14(2)21(15(16)3)10-11-24-17-8-6-5-7-9-17/h5-9,12,18H,4,10-11,13,20H2,1-3H3. The molecule has 24 heavy (non-hydrogen) atoms. The number of hydrogen-bond acceptors (Lipinski definition) is 4. The predicted molar refractivity (Wildman–Crippen MR) is 94.2 cm³/mol. The third kappa shape index (κ3) is 4.61. The van der Waals surface area contributed by atoms with Crippen LogP contribution in [-0.4, -0.2) is 29.8 Å². The maximum atomic E-state index is 11.7. The van der Waals surface area contributed by atoms with E-state index in [1.54, 1.807) is 6.92 Å². The molecule has 0 fully saturated rings. The summed E-state index contributed by atoms with van der Waals surface area (Å²) < 4.78 is 12.9. The van der Waals surface area contributed by atoms with E-state index in [2.05, 4.69) is 17.6 Å². The maximum absolute atomic E-state index is 11.7. The summed E-state index contributed by atoms with van der Waals surface area (Å²) in [5.74, 6) is 0.513. The Kier molecular flexibility index (Phi) is 6.44. The molecule has 2 rings (SSSR count). The molecule has 1 unspecified atom stereocenters. The zero-order valence-corrected chi connectivity index (χ0v) is 14.6. The number of para-hydroxylation sites is 1. The quantitative estimate of drug-likeness (QED) is 0.756. The third-order valence-corrected chi connectivity index (χ3v) is 4.03. The molecule has 0 amide bonds. The number of carbonyl (C=O) groups is 1. The second kappa shape index (κ2) is 8.55. The van der Waals surface area contributed by atoms with Crippen molar-refractivity contribution in [2.24, 2.45) is 5.73 Å². The molecular formula is C19H26N2O3. The molecule has 0 saturated heterocycles. The predicted octanol–water partition coefficient (Wildman–Crippen LogP) is 2.62. The average Bonchev–Trinajstić information content (AvgIpc) is 2.83. The van der Waals surface area contributed by atoms with Gasteiger partial charge in [0.05, 0.1) is 13.2 Å². The van der Waals surface area contributed by atoms with Gasteiger partial charge in [0.1, 0.15) is 18.4 Å². The first-order valence-electron chi connectivity index (χ1n) is 8.28. The third-order valence-electron chi connectivity index (χ3n) is 4.03. The highest BCUT2D eigenvalue weighted by Gasteiger charge is 2.18. The van der Waals surface area contributed by atoms with Gasteiger partial charge in [-0.05, 0) is 51.0 Å². The number of aromatic nitrogens is 1. The Labute approximate surface area is 143 Å². The summed E-state index contributed by atoms with van der Waals surface area (Å²) in [6, 6.07) is 11.2. The Bertz CT molecular complexity index is 665. The first-order chi connectivity index (χ1) is 11.5. The van der Waals surface area contributed by atoms with Gasteiger partial charge in [-0.2, -0.15) is 0 Å². The second-order valence-corrected chi connectivity index (χ2v) is 5.77. The Balaban J connectivity index is 1.96. The molecule has 0 aliphatic carbocycles.